The first kappa shape index (κ1) is 12.5. The monoisotopic (exact) mass is 240 g/mol. The van der Waals surface area contributed by atoms with E-state index in [2.05, 4.69) is 0 Å². The largest absolute Gasteiger partial charge is 0.381 e. The third kappa shape index (κ3) is 3.04. The van der Waals surface area contributed by atoms with Crippen LogP contribution >= 0.6 is 0 Å². The molecular formula is C12H20N2O3. The third-order valence-electron chi connectivity index (χ3n) is 3.60. The Balaban J connectivity index is 1.94. The second kappa shape index (κ2) is 5.60. The van der Waals surface area contributed by atoms with Crippen molar-refractivity contribution in [3.8, 4) is 0 Å². The van der Waals surface area contributed by atoms with Crippen LogP contribution in [0.15, 0.2) is 0 Å². The van der Waals surface area contributed by atoms with E-state index in [0.717, 1.165) is 25.9 Å². The Morgan fingerprint density at radius 3 is 2.47 bits per heavy atom. The quantitative estimate of drug-likeness (QED) is 0.719. The number of hydrogen-bond donors (Lipinski definition) is 1. The number of amides is 2. The van der Waals surface area contributed by atoms with Crippen LogP contribution in [-0.4, -0.2) is 42.5 Å². The average molecular weight is 240 g/mol. The summed E-state index contributed by atoms with van der Waals surface area (Å²) in [5, 5.41) is 0. The summed E-state index contributed by atoms with van der Waals surface area (Å²) >= 11 is 0. The molecule has 0 bridgehead atoms. The zero-order chi connectivity index (χ0) is 12.3. The summed E-state index contributed by atoms with van der Waals surface area (Å²) in [5.74, 6) is 0.141. The molecule has 0 radical (unpaired) electrons. The lowest BCUT2D eigenvalue weighted by Gasteiger charge is -2.25. The normalized spacial score (nSPS) is 28.3. The number of hydrogen-bond acceptors (Lipinski definition) is 4. The lowest BCUT2D eigenvalue weighted by Crippen LogP contribution is -2.47. The van der Waals surface area contributed by atoms with Gasteiger partial charge in [0.1, 0.15) is 0 Å². The number of carbonyl (C=O) groups is 2. The van der Waals surface area contributed by atoms with Crippen LogP contribution in [0, 0.1) is 5.92 Å². The maximum absolute atomic E-state index is 11.8. The van der Waals surface area contributed by atoms with Crippen LogP contribution in [0.3, 0.4) is 0 Å². The molecule has 2 N–H and O–H groups in total. The maximum atomic E-state index is 11.8. The summed E-state index contributed by atoms with van der Waals surface area (Å²) in [6.07, 6.45) is 3.49. The van der Waals surface area contributed by atoms with E-state index in [1.165, 1.54) is 4.90 Å². The van der Waals surface area contributed by atoms with Crippen LogP contribution < -0.4 is 5.73 Å². The molecule has 17 heavy (non-hydrogen) atoms. The molecule has 2 fully saturated rings. The van der Waals surface area contributed by atoms with Gasteiger partial charge in [0, 0.05) is 38.0 Å². The molecule has 2 atom stereocenters. The van der Waals surface area contributed by atoms with Crippen LogP contribution in [0.2, 0.25) is 0 Å². The van der Waals surface area contributed by atoms with Gasteiger partial charge in [0.15, 0.2) is 0 Å². The van der Waals surface area contributed by atoms with Gasteiger partial charge in [0.2, 0.25) is 11.8 Å². The summed E-state index contributed by atoms with van der Waals surface area (Å²) in [4.78, 5) is 24.9. The second-order valence-electron chi connectivity index (χ2n) is 4.89. The minimum Gasteiger partial charge on any atom is -0.381 e. The topological polar surface area (TPSA) is 72.6 Å². The fourth-order valence-corrected chi connectivity index (χ4v) is 2.42. The zero-order valence-corrected chi connectivity index (χ0v) is 10.1. The predicted molar refractivity (Wildman–Crippen MR) is 62.1 cm³/mol. The Bertz CT molecular complexity index is 282. The Hall–Kier alpha value is -0.940. The SMILES string of the molecule is NC(CN1C(=O)CCCCC1=O)C1CCOC1. The van der Waals surface area contributed by atoms with Crippen LogP contribution in [-0.2, 0) is 14.3 Å². The molecule has 0 aromatic rings. The van der Waals surface area contributed by atoms with Gasteiger partial charge in [0.05, 0.1) is 6.61 Å². The minimum atomic E-state index is -0.150. The smallest absolute Gasteiger partial charge is 0.229 e. The van der Waals surface area contributed by atoms with Gasteiger partial charge in [-0.05, 0) is 19.3 Å². The van der Waals surface area contributed by atoms with Crippen molar-refractivity contribution in [1.29, 1.82) is 0 Å². The van der Waals surface area contributed by atoms with Crippen molar-refractivity contribution in [3.05, 3.63) is 0 Å². The number of rotatable bonds is 3. The molecule has 5 heteroatoms. The number of likely N-dealkylation sites (tertiary alicyclic amines) is 1. The van der Waals surface area contributed by atoms with Gasteiger partial charge in [-0.25, -0.2) is 0 Å². The fourth-order valence-electron chi connectivity index (χ4n) is 2.42. The standard InChI is InChI=1S/C12H20N2O3/c13-10(9-5-6-17-8-9)7-14-11(15)3-1-2-4-12(14)16/h9-10H,1-8,13H2. The van der Waals surface area contributed by atoms with Crippen molar-refractivity contribution in [2.75, 3.05) is 19.8 Å². The van der Waals surface area contributed by atoms with Gasteiger partial charge < -0.3 is 10.5 Å². The van der Waals surface area contributed by atoms with E-state index in [0.29, 0.717) is 26.0 Å². The predicted octanol–water partition coefficient (Wildman–Crippen LogP) is 0.279. The minimum absolute atomic E-state index is 0.0677. The number of carbonyl (C=O) groups excluding carboxylic acids is 2. The van der Waals surface area contributed by atoms with Crippen LogP contribution in [0.25, 0.3) is 0 Å². The highest BCUT2D eigenvalue weighted by atomic mass is 16.5. The molecule has 0 aliphatic carbocycles. The third-order valence-corrected chi connectivity index (χ3v) is 3.60. The molecule has 0 aromatic heterocycles. The molecule has 2 unspecified atom stereocenters. The number of nitrogens with zero attached hydrogens (tertiary/aromatic N) is 1. The van der Waals surface area contributed by atoms with Gasteiger partial charge >= 0.3 is 0 Å². The van der Waals surface area contributed by atoms with Crippen molar-refractivity contribution >= 4 is 11.8 Å². The van der Waals surface area contributed by atoms with Crippen molar-refractivity contribution in [1.82, 2.24) is 4.90 Å². The molecule has 2 aliphatic rings. The van der Waals surface area contributed by atoms with E-state index in [4.69, 9.17) is 10.5 Å². The molecule has 2 aliphatic heterocycles. The van der Waals surface area contributed by atoms with E-state index >= 15 is 0 Å². The van der Waals surface area contributed by atoms with Crippen molar-refractivity contribution in [2.24, 2.45) is 11.7 Å². The Labute approximate surface area is 101 Å². The van der Waals surface area contributed by atoms with Crippen molar-refractivity contribution in [3.63, 3.8) is 0 Å². The molecule has 0 spiro atoms. The summed E-state index contributed by atoms with van der Waals surface area (Å²) in [6, 6.07) is -0.150. The Kier molecular flexibility index (Phi) is 4.12. The van der Waals surface area contributed by atoms with Crippen molar-refractivity contribution in [2.45, 2.75) is 38.1 Å². The van der Waals surface area contributed by atoms with E-state index in [1.54, 1.807) is 0 Å². The second-order valence-corrected chi connectivity index (χ2v) is 4.89. The fraction of sp³-hybridized carbons (Fsp3) is 0.833. The van der Waals surface area contributed by atoms with Gasteiger partial charge in [-0.2, -0.15) is 0 Å². The Morgan fingerprint density at radius 1 is 1.29 bits per heavy atom. The molecule has 2 heterocycles. The van der Waals surface area contributed by atoms with Gasteiger partial charge in [-0.1, -0.05) is 0 Å². The summed E-state index contributed by atoms with van der Waals surface area (Å²) in [7, 11) is 0. The molecule has 96 valence electrons. The van der Waals surface area contributed by atoms with Gasteiger partial charge in [-0.3, -0.25) is 14.5 Å². The molecule has 0 aromatic carbocycles. The highest BCUT2D eigenvalue weighted by Crippen LogP contribution is 2.18. The van der Waals surface area contributed by atoms with Crippen LogP contribution in [0.5, 0.6) is 0 Å². The first-order chi connectivity index (χ1) is 8.18. The van der Waals surface area contributed by atoms with E-state index in [9.17, 15) is 9.59 Å². The molecule has 0 saturated carbocycles. The molecular weight excluding hydrogens is 220 g/mol. The van der Waals surface area contributed by atoms with Crippen LogP contribution in [0.4, 0.5) is 0 Å². The first-order valence-corrected chi connectivity index (χ1v) is 6.35. The molecule has 2 rings (SSSR count). The van der Waals surface area contributed by atoms with Crippen LogP contribution in [0.1, 0.15) is 32.1 Å². The summed E-state index contributed by atoms with van der Waals surface area (Å²) in [5.41, 5.74) is 6.06. The highest BCUT2D eigenvalue weighted by molar-refractivity contribution is 5.96. The molecule has 2 amide bonds. The van der Waals surface area contributed by atoms with E-state index in [1.807, 2.05) is 0 Å². The first-order valence-electron chi connectivity index (χ1n) is 6.35. The summed E-state index contributed by atoms with van der Waals surface area (Å²) < 4.78 is 5.28. The molecule has 2 saturated heterocycles. The van der Waals surface area contributed by atoms with Gasteiger partial charge in [-0.15, -0.1) is 0 Å². The van der Waals surface area contributed by atoms with Crippen molar-refractivity contribution < 1.29 is 14.3 Å². The number of nitrogens with two attached hydrogens (primary N) is 1. The zero-order valence-electron chi connectivity index (χ0n) is 10.1. The number of imide groups is 1. The summed E-state index contributed by atoms with van der Waals surface area (Å²) in [6.45, 7) is 1.74. The Morgan fingerprint density at radius 2 is 1.94 bits per heavy atom. The van der Waals surface area contributed by atoms with E-state index < -0.39 is 0 Å². The lowest BCUT2D eigenvalue weighted by atomic mass is 9.99. The maximum Gasteiger partial charge on any atom is 0.229 e. The highest BCUT2D eigenvalue weighted by Gasteiger charge is 2.30. The number of ether oxygens (including phenoxy) is 1. The lowest BCUT2D eigenvalue weighted by molar-refractivity contribution is -0.144. The van der Waals surface area contributed by atoms with E-state index in [-0.39, 0.29) is 23.8 Å². The average Bonchev–Trinajstić information content (AvgIpc) is 2.79. The molecule has 5 nitrogen and oxygen atoms in total. The van der Waals surface area contributed by atoms with Gasteiger partial charge in [0.25, 0.3) is 0 Å².